The van der Waals surface area contributed by atoms with E-state index in [2.05, 4.69) is 62.3 Å². The van der Waals surface area contributed by atoms with Crippen LogP contribution in [0.3, 0.4) is 0 Å². The molecule has 2 aliphatic carbocycles. The van der Waals surface area contributed by atoms with Crippen LogP contribution >= 0.6 is 15.9 Å². The molecule has 0 saturated heterocycles. The lowest BCUT2D eigenvalue weighted by molar-refractivity contribution is -0.127. The van der Waals surface area contributed by atoms with Gasteiger partial charge >= 0.3 is 0 Å². The van der Waals surface area contributed by atoms with Crippen LogP contribution in [0.15, 0.2) is 34.9 Å². The number of nitriles is 1. The number of carbonyl (C=O) groups is 1. The van der Waals surface area contributed by atoms with Crippen LogP contribution in [-0.4, -0.2) is 16.5 Å². The predicted molar refractivity (Wildman–Crippen MR) is 101 cm³/mol. The zero-order chi connectivity index (χ0) is 17.4. The van der Waals surface area contributed by atoms with Crippen molar-refractivity contribution in [1.29, 1.82) is 5.26 Å². The summed E-state index contributed by atoms with van der Waals surface area (Å²) in [5.74, 6) is 0.366. The molecule has 1 unspecified atom stereocenters. The molecular weight excluding hydrogens is 378 g/mol. The Hall–Kier alpha value is -1.80. The molecule has 1 aromatic carbocycles. The number of amides is 1. The summed E-state index contributed by atoms with van der Waals surface area (Å²) in [6.45, 7) is 0. The van der Waals surface area contributed by atoms with Gasteiger partial charge in [0.05, 0.1) is 12.0 Å². The Bertz CT molecular complexity index is 833. The van der Waals surface area contributed by atoms with Gasteiger partial charge in [-0.2, -0.15) is 5.26 Å². The third-order valence-corrected chi connectivity index (χ3v) is 6.13. The molecule has 1 heterocycles. The van der Waals surface area contributed by atoms with Gasteiger partial charge in [-0.1, -0.05) is 28.8 Å². The minimum absolute atomic E-state index is 0.0532. The fourth-order valence-corrected chi connectivity index (χ4v) is 4.50. The third kappa shape index (κ3) is 3.32. The lowest BCUT2D eigenvalue weighted by atomic mass is 9.83. The SMILES string of the molecule is N#CC(NC(=O)[C@@H]1CCCC[C@@H]1n1ccc2cc(Br)ccc21)C1CC1. The first-order chi connectivity index (χ1) is 12.2. The summed E-state index contributed by atoms with van der Waals surface area (Å²) in [6.07, 6.45) is 8.37. The lowest BCUT2D eigenvalue weighted by Gasteiger charge is -2.33. The van der Waals surface area contributed by atoms with E-state index in [9.17, 15) is 10.1 Å². The molecule has 2 aromatic rings. The van der Waals surface area contributed by atoms with E-state index < -0.39 is 0 Å². The molecule has 2 fully saturated rings. The number of fused-ring (bicyclic) bond motifs is 1. The van der Waals surface area contributed by atoms with Gasteiger partial charge in [0.15, 0.2) is 0 Å². The smallest absolute Gasteiger partial charge is 0.226 e. The first-order valence-electron chi connectivity index (χ1n) is 9.13. The first-order valence-corrected chi connectivity index (χ1v) is 9.93. The van der Waals surface area contributed by atoms with E-state index in [-0.39, 0.29) is 23.9 Å². The standard InChI is InChI=1S/C20H22BrN3O/c21-15-7-8-18-14(11-15)9-10-24(18)19-4-2-1-3-16(19)20(25)23-17(12-22)13-5-6-13/h7-11,13,16-17,19H,1-6H2,(H,23,25)/t16-,17?,19+/m1/s1. The van der Waals surface area contributed by atoms with Crippen LogP contribution in [0.5, 0.6) is 0 Å². The van der Waals surface area contributed by atoms with E-state index in [1.807, 2.05) is 0 Å². The van der Waals surface area contributed by atoms with Gasteiger partial charge in [0.25, 0.3) is 0 Å². The van der Waals surface area contributed by atoms with Crippen molar-refractivity contribution in [2.75, 3.05) is 0 Å². The molecule has 130 valence electrons. The van der Waals surface area contributed by atoms with Crippen molar-refractivity contribution in [2.24, 2.45) is 11.8 Å². The Morgan fingerprint density at radius 1 is 1.24 bits per heavy atom. The Morgan fingerprint density at radius 2 is 2.04 bits per heavy atom. The van der Waals surface area contributed by atoms with Crippen molar-refractivity contribution in [2.45, 2.75) is 50.6 Å². The average Bonchev–Trinajstić information content (AvgIpc) is 3.39. The predicted octanol–water partition coefficient (Wildman–Crippen LogP) is 4.55. The first kappa shape index (κ1) is 16.7. The maximum Gasteiger partial charge on any atom is 0.226 e. The highest BCUT2D eigenvalue weighted by Gasteiger charge is 2.37. The molecule has 0 radical (unpaired) electrons. The Kier molecular flexibility index (Phi) is 4.56. The number of benzene rings is 1. The van der Waals surface area contributed by atoms with Gasteiger partial charge in [-0.05, 0) is 55.9 Å². The molecular formula is C20H22BrN3O. The molecule has 2 saturated carbocycles. The Morgan fingerprint density at radius 3 is 2.80 bits per heavy atom. The Labute approximate surface area is 156 Å². The number of nitrogens with zero attached hydrogens (tertiary/aromatic N) is 2. The molecule has 25 heavy (non-hydrogen) atoms. The molecule has 4 nitrogen and oxygen atoms in total. The second-order valence-electron chi connectivity index (χ2n) is 7.34. The fourth-order valence-electron chi connectivity index (χ4n) is 4.12. The zero-order valence-corrected chi connectivity index (χ0v) is 15.7. The van der Waals surface area contributed by atoms with E-state index in [4.69, 9.17) is 0 Å². The normalized spacial score (nSPS) is 24.6. The van der Waals surface area contributed by atoms with Crippen LogP contribution in [0.1, 0.15) is 44.6 Å². The van der Waals surface area contributed by atoms with Gasteiger partial charge < -0.3 is 9.88 Å². The minimum Gasteiger partial charge on any atom is -0.344 e. The minimum atomic E-state index is -0.313. The summed E-state index contributed by atoms with van der Waals surface area (Å²) in [7, 11) is 0. The van der Waals surface area contributed by atoms with Crippen LogP contribution in [-0.2, 0) is 4.79 Å². The van der Waals surface area contributed by atoms with Crippen molar-refractivity contribution < 1.29 is 4.79 Å². The monoisotopic (exact) mass is 399 g/mol. The summed E-state index contributed by atoms with van der Waals surface area (Å²) in [6, 6.07) is 10.5. The van der Waals surface area contributed by atoms with Crippen molar-refractivity contribution in [1.82, 2.24) is 9.88 Å². The van der Waals surface area contributed by atoms with Crippen LogP contribution in [0.4, 0.5) is 0 Å². The third-order valence-electron chi connectivity index (χ3n) is 5.64. The van der Waals surface area contributed by atoms with Crippen LogP contribution < -0.4 is 5.32 Å². The average molecular weight is 400 g/mol. The number of hydrogen-bond donors (Lipinski definition) is 1. The summed E-state index contributed by atoms with van der Waals surface area (Å²) in [5.41, 5.74) is 1.17. The number of hydrogen-bond acceptors (Lipinski definition) is 2. The molecule has 3 atom stereocenters. The zero-order valence-electron chi connectivity index (χ0n) is 14.1. The molecule has 1 N–H and O–H groups in total. The van der Waals surface area contributed by atoms with Crippen molar-refractivity contribution >= 4 is 32.7 Å². The van der Waals surface area contributed by atoms with Crippen molar-refractivity contribution in [3.63, 3.8) is 0 Å². The highest BCUT2D eigenvalue weighted by atomic mass is 79.9. The lowest BCUT2D eigenvalue weighted by Crippen LogP contribution is -2.43. The number of halogens is 1. The number of carbonyl (C=O) groups excluding carboxylic acids is 1. The number of rotatable bonds is 4. The topological polar surface area (TPSA) is 57.8 Å². The maximum atomic E-state index is 12.9. The van der Waals surface area contributed by atoms with E-state index >= 15 is 0 Å². The molecule has 2 aliphatic rings. The molecule has 1 amide bonds. The van der Waals surface area contributed by atoms with Gasteiger partial charge in [-0.15, -0.1) is 0 Å². The van der Waals surface area contributed by atoms with E-state index in [0.29, 0.717) is 5.92 Å². The maximum absolute atomic E-state index is 12.9. The largest absolute Gasteiger partial charge is 0.344 e. The van der Waals surface area contributed by atoms with Gasteiger partial charge in [-0.25, -0.2) is 0 Å². The summed E-state index contributed by atoms with van der Waals surface area (Å²) in [5, 5.41) is 13.5. The molecule has 0 spiro atoms. The van der Waals surface area contributed by atoms with Crippen LogP contribution in [0.25, 0.3) is 10.9 Å². The summed E-state index contributed by atoms with van der Waals surface area (Å²) < 4.78 is 3.33. The van der Waals surface area contributed by atoms with Crippen molar-refractivity contribution in [3.05, 3.63) is 34.9 Å². The van der Waals surface area contributed by atoms with E-state index in [1.54, 1.807) is 0 Å². The molecule has 4 rings (SSSR count). The van der Waals surface area contributed by atoms with Gasteiger partial charge in [0.1, 0.15) is 6.04 Å². The van der Waals surface area contributed by atoms with Gasteiger partial charge in [-0.3, -0.25) is 4.79 Å². The van der Waals surface area contributed by atoms with E-state index in [1.165, 1.54) is 10.9 Å². The highest BCUT2D eigenvalue weighted by Crippen LogP contribution is 2.38. The molecule has 5 heteroatoms. The highest BCUT2D eigenvalue weighted by molar-refractivity contribution is 9.10. The second kappa shape index (κ2) is 6.84. The number of aromatic nitrogens is 1. The fraction of sp³-hybridized carbons (Fsp3) is 0.500. The summed E-state index contributed by atoms with van der Waals surface area (Å²) in [4.78, 5) is 12.9. The quantitative estimate of drug-likeness (QED) is 0.819. The van der Waals surface area contributed by atoms with Crippen molar-refractivity contribution in [3.8, 4) is 6.07 Å². The second-order valence-corrected chi connectivity index (χ2v) is 8.25. The Balaban J connectivity index is 1.60. The number of nitrogens with one attached hydrogen (secondary N) is 1. The molecule has 0 aliphatic heterocycles. The molecule has 0 bridgehead atoms. The van der Waals surface area contributed by atoms with Crippen LogP contribution in [0.2, 0.25) is 0 Å². The van der Waals surface area contributed by atoms with Gasteiger partial charge in [0.2, 0.25) is 5.91 Å². The molecule has 1 aromatic heterocycles. The van der Waals surface area contributed by atoms with Crippen LogP contribution in [0, 0.1) is 23.2 Å². The summed E-state index contributed by atoms with van der Waals surface area (Å²) >= 11 is 3.52. The van der Waals surface area contributed by atoms with Gasteiger partial charge in [0, 0.05) is 27.6 Å². The van der Waals surface area contributed by atoms with E-state index in [0.717, 1.165) is 43.0 Å².